The lowest BCUT2D eigenvalue weighted by molar-refractivity contribution is -0.133. The topological polar surface area (TPSA) is 29.5 Å². The molecule has 1 amide bonds. The van der Waals surface area contributed by atoms with Crippen molar-refractivity contribution in [1.82, 2.24) is 4.90 Å². The number of nitrogens with zero attached hydrogens (tertiary/aromatic N) is 1. The van der Waals surface area contributed by atoms with Gasteiger partial charge in [-0.3, -0.25) is 4.79 Å². The highest BCUT2D eigenvalue weighted by Gasteiger charge is 2.36. The normalized spacial score (nSPS) is 18.3. The molecule has 3 nitrogen and oxygen atoms in total. The molecule has 0 spiro atoms. The summed E-state index contributed by atoms with van der Waals surface area (Å²) in [6, 6.07) is 0. The Balaban J connectivity index is 2.24. The Hall–Kier alpha value is -0.353. The van der Waals surface area contributed by atoms with Crippen LogP contribution >= 0.6 is 0 Å². The highest BCUT2D eigenvalue weighted by molar-refractivity contribution is 6.74. The Bertz CT molecular complexity index is 284. The minimum Gasteiger partial charge on any atom is -0.417 e. The number of likely N-dealkylation sites (tertiary alicyclic amines) is 1. The molecule has 0 aromatic heterocycles. The molecule has 0 N–H and O–H groups in total. The van der Waals surface area contributed by atoms with Crippen LogP contribution in [0.15, 0.2) is 0 Å². The van der Waals surface area contributed by atoms with Crippen LogP contribution in [0, 0.1) is 0 Å². The molecule has 1 heterocycles. The van der Waals surface area contributed by atoms with Gasteiger partial charge in [-0.25, -0.2) is 0 Å². The van der Waals surface area contributed by atoms with Crippen molar-refractivity contribution in [2.45, 2.75) is 64.6 Å². The summed E-state index contributed by atoms with van der Waals surface area (Å²) in [5.74, 6) is 0.327. The maximum Gasteiger partial charge on any atom is 0.222 e. The maximum atomic E-state index is 11.6. The first kappa shape index (κ1) is 15.7. The lowest BCUT2D eigenvalue weighted by Crippen LogP contribution is -2.42. The van der Waals surface area contributed by atoms with Crippen molar-refractivity contribution in [3.05, 3.63) is 0 Å². The van der Waals surface area contributed by atoms with E-state index >= 15 is 0 Å². The standard InChI is InChI=1S/C14H29NO2Si/c1-14(2,3)18(4,5)17-12-8-11-15-10-7-6-9-13(15)16/h6-12H2,1-5H3. The molecule has 1 rings (SSSR count). The molecule has 18 heavy (non-hydrogen) atoms. The quantitative estimate of drug-likeness (QED) is 0.566. The van der Waals surface area contributed by atoms with Gasteiger partial charge in [0.1, 0.15) is 0 Å². The molecule has 1 saturated heterocycles. The summed E-state index contributed by atoms with van der Waals surface area (Å²) in [5.41, 5.74) is 0. The third kappa shape index (κ3) is 4.39. The molecule has 0 bridgehead atoms. The summed E-state index contributed by atoms with van der Waals surface area (Å²) in [6.07, 6.45) is 3.94. The van der Waals surface area contributed by atoms with Crippen molar-refractivity contribution in [3.8, 4) is 0 Å². The van der Waals surface area contributed by atoms with Gasteiger partial charge in [-0.2, -0.15) is 0 Å². The summed E-state index contributed by atoms with van der Waals surface area (Å²) in [6.45, 7) is 13.9. The van der Waals surface area contributed by atoms with Crippen molar-refractivity contribution in [2.24, 2.45) is 0 Å². The van der Waals surface area contributed by atoms with Gasteiger partial charge in [0.05, 0.1) is 0 Å². The predicted molar refractivity (Wildman–Crippen MR) is 78.2 cm³/mol. The van der Waals surface area contributed by atoms with Gasteiger partial charge in [0, 0.05) is 26.1 Å². The third-order valence-corrected chi connectivity index (χ3v) is 8.80. The van der Waals surface area contributed by atoms with E-state index in [9.17, 15) is 4.79 Å². The Labute approximate surface area is 113 Å². The van der Waals surface area contributed by atoms with E-state index in [1.807, 2.05) is 4.90 Å². The van der Waals surface area contributed by atoms with E-state index < -0.39 is 8.32 Å². The molecule has 0 saturated carbocycles. The first-order valence-corrected chi connectivity index (χ1v) is 10.1. The number of hydrogen-bond acceptors (Lipinski definition) is 2. The maximum absolute atomic E-state index is 11.6. The Kier molecular flexibility index (Phi) is 5.41. The van der Waals surface area contributed by atoms with Crippen molar-refractivity contribution in [3.63, 3.8) is 0 Å². The smallest absolute Gasteiger partial charge is 0.222 e. The third-order valence-electron chi connectivity index (χ3n) is 4.26. The Morgan fingerprint density at radius 3 is 2.50 bits per heavy atom. The van der Waals surface area contributed by atoms with E-state index in [1.165, 1.54) is 0 Å². The van der Waals surface area contributed by atoms with E-state index in [2.05, 4.69) is 33.9 Å². The van der Waals surface area contributed by atoms with Crippen LogP contribution < -0.4 is 0 Å². The van der Waals surface area contributed by atoms with Crippen molar-refractivity contribution >= 4 is 14.2 Å². The molecule has 0 aromatic carbocycles. The summed E-state index contributed by atoms with van der Waals surface area (Å²) in [7, 11) is -1.61. The highest BCUT2D eigenvalue weighted by atomic mass is 28.4. The molecule has 1 fully saturated rings. The van der Waals surface area contributed by atoms with E-state index in [-0.39, 0.29) is 5.04 Å². The summed E-state index contributed by atoms with van der Waals surface area (Å²) < 4.78 is 6.12. The van der Waals surface area contributed by atoms with Crippen molar-refractivity contribution in [1.29, 1.82) is 0 Å². The number of carbonyl (C=O) groups excluding carboxylic acids is 1. The molecule has 1 aliphatic heterocycles. The van der Waals surface area contributed by atoms with Gasteiger partial charge >= 0.3 is 0 Å². The molecule has 106 valence electrons. The molecule has 0 unspecified atom stereocenters. The molecule has 0 aliphatic carbocycles. The van der Waals surface area contributed by atoms with E-state index in [0.717, 1.165) is 45.4 Å². The van der Waals surface area contributed by atoms with Crippen molar-refractivity contribution in [2.75, 3.05) is 19.7 Å². The van der Waals surface area contributed by atoms with Crippen molar-refractivity contribution < 1.29 is 9.22 Å². The fraction of sp³-hybridized carbons (Fsp3) is 0.929. The highest BCUT2D eigenvalue weighted by Crippen LogP contribution is 2.36. The first-order valence-electron chi connectivity index (χ1n) is 7.16. The molecule has 0 atom stereocenters. The van der Waals surface area contributed by atoms with Gasteiger partial charge in [-0.05, 0) is 37.4 Å². The monoisotopic (exact) mass is 271 g/mol. The van der Waals surface area contributed by atoms with E-state index in [4.69, 9.17) is 4.43 Å². The van der Waals surface area contributed by atoms with E-state index in [1.54, 1.807) is 0 Å². The molecule has 0 aromatic rings. The Morgan fingerprint density at radius 2 is 1.94 bits per heavy atom. The summed E-state index contributed by atoms with van der Waals surface area (Å²) in [5, 5.41) is 0.272. The SMILES string of the molecule is CC(C)(C)[Si](C)(C)OCCCN1CCCCC1=O. The average Bonchev–Trinajstić information content (AvgIpc) is 2.25. The zero-order valence-corrected chi connectivity index (χ0v) is 13.7. The van der Waals surface area contributed by atoms with Crippen LogP contribution in [0.25, 0.3) is 0 Å². The number of rotatable bonds is 5. The molecule has 1 aliphatic rings. The Morgan fingerprint density at radius 1 is 1.28 bits per heavy atom. The van der Waals surface area contributed by atoms with E-state index in [0.29, 0.717) is 5.91 Å². The van der Waals surface area contributed by atoms with Crippen LogP contribution in [0.3, 0.4) is 0 Å². The molecular weight excluding hydrogens is 242 g/mol. The van der Waals surface area contributed by atoms with Gasteiger partial charge < -0.3 is 9.33 Å². The number of hydrogen-bond donors (Lipinski definition) is 0. The van der Waals surface area contributed by atoms with Crippen LogP contribution in [-0.2, 0) is 9.22 Å². The minimum atomic E-state index is -1.61. The van der Waals surface area contributed by atoms with Gasteiger partial charge in [-0.1, -0.05) is 20.8 Å². The van der Waals surface area contributed by atoms with Crippen LogP contribution in [0.5, 0.6) is 0 Å². The molecule has 0 radical (unpaired) electrons. The number of carbonyl (C=O) groups is 1. The zero-order valence-electron chi connectivity index (χ0n) is 12.7. The van der Waals surface area contributed by atoms with Gasteiger partial charge in [0.15, 0.2) is 8.32 Å². The second-order valence-electron chi connectivity index (χ2n) is 6.80. The number of piperidine rings is 1. The minimum absolute atomic E-state index is 0.272. The molecule has 4 heteroatoms. The van der Waals surface area contributed by atoms with Gasteiger partial charge in [0.2, 0.25) is 5.91 Å². The predicted octanol–water partition coefficient (Wildman–Crippen LogP) is 3.41. The molecular formula is C14H29NO2Si. The van der Waals surface area contributed by atoms with Gasteiger partial charge in [-0.15, -0.1) is 0 Å². The first-order chi connectivity index (χ1) is 8.24. The lowest BCUT2D eigenvalue weighted by Gasteiger charge is -2.36. The lowest BCUT2D eigenvalue weighted by atomic mass is 10.1. The number of amides is 1. The largest absolute Gasteiger partial charge is 0.417 e. The van der Waals surface area contributed by atoms with Crippen LogP contribution in [0.2, 0.25) is 18.1 Å². The second-order valence-corrected chi connectivity index (χ2v) is 11.6. The summed E-state index contributed by atoms with van der Waals surface area (Å²) >= 11 is 0. The van der Waals surface area contributed by atoms with Crippen LogP contribution in [-0.4, -0.2) is 38.8 Å². The van der Waals surface area contributed by atoms with Crippen LogP contribution in [0.4, 0.5) is 0 Å². The zero-order chi connectivity index (χ0) is 13.8. The fourth-order valence-corrected chi connectivity index (χ4v) is 2.99. The van der Waals surface area contributed by atoms with Crippen LogP contribution in [0.1, 0.15) is 46.5 Å². The average molecular weight is 271 g/mol. The second kappa shape index (κ2) is 6.20. The summed E-state index contributed by atoms with van der Waals surface area (Å²) in [4.78, 5) is 13.6. The van der Waals surface area contributed by atoms with Gasteiger partial charge in [0.25, 0.3) is 0 Å². The fourth-order valence-electron chi connectivity index (χ4n) is 1.90.